The summed E-state index contributed by atoms with van der Waals surface area (Å²) in [6, 6.07) is 8.48. The van der Waals surface area contributed by atoms with Crippen molar-refractivity contribution in [2.45, 2.75) is 0 Å². The van der Waals surface area contributed by atoms with Crippen LogP contribution in [-0.4, -0.2) is 10.8 Å². The minimum absolute atomic E-state index is 0.0992. The number of hydrogen-bond donors (Lipinski definition) is 2. The number of carbonyl (C=O) groups is 1. The molecule has 0 atom stereocenters. The van der Waals surface area contributed by atoms with Crippen LogP contribution in [0, 0.1) is 10.1 Å². The maximum Gasteiger partial charge on any atom is 0.292 e. The fraction of sp³-hybridized carbons (Fsp3) is 0. The molecule has 0 spiro atoms. The van der Waals surface area contributed by atoms with Crippen molar-refractivity contribution < 1.29 is 9.72 Å². The molecule has 3 N–H and O–H groups in total. The highest BCUT2D eigenvalue weighted by Crippen LogP contribution is 2.30. The number of para-hydroxylation sites is 1. The molecule has 0 aromatic heterocycles. The second-order valence-corrected chi connectivity index (χ2v) is 4.90. The van der Waals surface area contributed by atoms with Gasteiger partial charge in [0.05, 0.1) is 20.7 Å². The Balaban J connectivity index is 2.29. The maximum atomic E-state index is 12.1. The molecule has 2 rings (SSSR count). The van der Waals surface area contributed by atoms with Gasteiger partial charge in [0.2, 0.25) is 0 Å². The number of hydrogen-bond acceptors (Lipinski definition) is 4. The summed E-state index contributed by atoms with van der Waals surface area (Å²) in [5.74, 6) is -0.522. The van der Waals surface area contributed by atoms with Crippen LogP contribution in [0.25, 0.3) is 0 Å². The molecule has 6 nitrogen and oxygen atoms in total. The summed E-state index contributed by atoms with van der Waals surface area (Å²) < 4.78 is 0. The van der Waals surface area contributed by atoms with E-state index in [1.807, 2.05) is 0 Å². The molecule has 0 radical (unpaired) electrons. The van der Waals surface area contributed by atoms with E-state index in [9.17, 15) is 14.9 Å². The Morgan fingerprint density at radius 2 is 1.81 bits per heavy atom. The van der Waals surface area contributed by atoms with Crippen LogP contribution in [0.4, 0.5) is 17.1 Å². The Hall–Kier alpha value is -2.31. The zero-order valence-corrected chi connectivity index (χ0v) is 12.0. The van der Waals surface area contributed by atoms with Gasteiger partial charge >= 0.3 is 0 Å². The third-order valence-electron chi connectivity index (χ3n) is 2.69. The summed E-state index contributed by atoms with van der Waals surface area (Å²) in [6.07, 6.45) is 0. The highest BCUT2D eigenvalue weighted by atomic mass is 35.5. The highest BCUT2D eigenvalue weighted by Gasteiger charge is 2.16. The fourth-order valence-corrected chi connectivity index (χ4v) is 2.16. The van der Waals surface area contributed by atoms with Crippen LogP contribution >= 0.6 is 23.2 Å². The van der Waals surface area contributed by atoms with E-state index in [2.05, 4.69) is 5.32 Å². The molecule has 0 fully saturated rings. The topological polar surface area (TPSA) is 98.3 Å². The van der Waals surface area contributed by atoms with E-state index < -0.39 is 10.8 Å². The van der Waals surface area contributed by atoms with Gasteiger partial charge in [0.25, 0.3) is 11.6 Å². The molecule has 0 aliphatic heterocycles. The number of rotatable bonds is 3. The summed E-state index contributed by atoms with van der Waals surface area (Å²) in [5, 5.41) is 13.8. The number of nitro benzene ring substituents is 1. The lowest BCUT2D eigenvalue weighted by Gasteiger charge is -2.09. The summed E-state index contributed by atoms with van der Waals surface area (Å²) in [6.45, 7) is 0. The fourth-order valence-electron chi connectivity index (χ4n) is 1.66. The van der Waals surface area contributed by atoms with Crippen molar-refractivity contribution in [3.05, 3.63) is 62.1 Å². The van der Waals surface area contributed by atoms with Gasteiger partial charge in [0, 0.05) is 11.6 Å². The lowest BCUT2D eigenvalue weighted by Crippen LogP contribution is -2.13. The molecule has 0 heterocycles. The third-order valence-corrected chi connectivity index (χ3v) is 3.32. The number of amides is 1. The first-order valence-electron chi connectivity index (χ1n) is 5.69. The van der Waals surface area contributed by atoms with Crippen LogP contribution in [-0.2, 0) is 0 Å². The van der Waals surface area contributed by atoms with Gasteiger partial charge in [-0.3, -0.25) is 14.9 Å². The van der Waals surface area contributed by atoms with Crippen molar-refractivity contribution in [1.82, 2.24) is 0 Å². The van der Waals surface area contributed by atoms with Crippen LogP contribution in [0.2, 0.25) is 10.0 Å². The Bertz CT molecular complexity index is 714. The number of nitro groups is 1. The molecule has 21 heavy (non-hydrogen) atoms. The van der Waals surface area contributed by atoms with Gasteiger partial charge in [-0.2, -0.15) is 0 Å². The summed E-state index contributed by atoms with van der Waals surface area (Å²) in [5.41, 5.74) is 5.61. The standard InChI is InChI=1S/C13H9Cl2N3O3/c14-8-2-1-3-9(15)12(8)17-13(19)7-4-5-11(18(20)21)10(16)6-7/h1-6H,16H2,(H,17,19). The average molecular weight is 326 g/mol. The zero-order valence-electron chi connectivity index (χ0n) is 10.5. The van der Waals surface area contributed by atoms with Gasteiger partial charge in [0.15, 0.2) is 0 Å². The van der Waals surface area contributed by atoms with Crippen molar-refractivity contribution >= 4 is 46.2 Å². The van der Waals surface area contributed by atoms with E-state index >= 15 is 0 Å². The Labute approximate surface area is 129 Å². The van der Waals surface area contributed by atoms with E-state index in [1.54, 1.807) is 18.2 Å². The molecular weight excluding hydrogens is 317 g/mol. The minimum atomic E-state index is -0.623. The molecule has 2 aromatic carbocycles. The van der Waals surface area contributed by atoms with Crippen LogP contribution in [0.3, 0.4) is 0 Å². The highest BCUT2D eigenvalue weighted by molar-refractivity contribution is 6.40. The zero-order chi connectivity index (χ0) is 15.6. The van der Waals surface area contributed by atoms with Crippen molar-refractivity contribution in [1.29, 1.82) is 0 Å². The van der Waals surface area contributed by atoms with Gasteiger partial charge in [-0.05, 0) is 24.3 Å². The van der Waals surface area contributed by atoms with Crippen molar-refractivity contribution in [3.63, 3.8) is 0 Å². The molecule has 0 bridgehead atoms. The SMILES string of the molecule is Nc1cc(C(=O)Nc2c(Cl)cccc2Cl)ccc1[N+](=O)[O-]. The van der Waals surface area contributed by atoms with Crippen LogP contribution in [0.1, 0.15) is 10.4 Å². The largest absolute Gasteiger partial charge is 0.393 e. The minimum Gasteiger partial charge on any atom is -0.393 e. The summed E-state index contributed by atoms with van der Waals surface area (Å²) >= 11 is 11.9. The molecule has 108 valence electrons. The van der Waals surface area contributed by atoms with Crippen molar-refractivity contribution in [3.8, 4) is 0 Å². The molecule has 0 aliphatic carbocycles. The summed E-state index contributed by atoms with van der Waals surface area (Å²) in [7, 11) is 0. The summed E-state index contributed by atoms with van der Waals surface area (Å²) in [4.78, 5) is 22.1. The van der Waals surface area contributed by atoms with E-state index in [1.165, 1.54) is 18.2 Å². The number of nitrogens with two attached hydrogens (primary N) is 1. The number of nitrogens with zero attached hydrogens (tertiary/aromatic N) is 1. The molecule has 0 unspecified atom stereocenters. The average Bonchev–Trinajstić information content (AvgIpc) is 2.42. The van der Waals surface area contributed by atoms with Gasteiger partial charge in [-0.15, -0.1) is 0 Å². The number of anilines is 2. The van der Waals surface area contributed by atoms with E-state index in [4.69, 9.17) is 28.9 Å². The predicted octanol–water partition coefficient (Wildman–Crippen LogP) is 3.74. The molecule has 8 heteroatoms. The second kappa shape index (κ2) is 5.99. The molecule has 0 aliphatic rings. The van der Waals surface area contributed by atoms with E-state index in [0.29, 0.717) is 0 Å². The lowest BCUT2D eigenvalue weighted by molar-refractivity contribution is -0.383. The van der Waals surface area contributed by atoms with Crippen LogP contribution in [0.5, 0.6) is 0 Å². The molecule has 0 saturated heterocycles. The quantitative estimate of drug-likeness (QED) is 0.510. The Kier molecular flexibility index (Phi) is 4.30. The normalized spacial score (nSPS) is 10.2. The lowest BCUT2D eigenvalue weighted by atomic mass is 10.1. The van der Waals surface area contributed by atoms with Crippen molar-refractivity contribution in [2.24, 2.45) is 0 Å². The first-order valence-corrected chi connectivity index (χ1v) is 6.45. The van der Waals surface area contributed by atoms with Gasteiger partial charge in [-0.25, -0.2) is 0 Å². The van der Waals surface area contributed by atoms with Gasteiger partial charge in [-0.1, -0.05) is 29.3 Å². The molecule has 0 saturated carbocycles. The number of halogens is 2. The third kappa shape index (κ3) is 3.24. The van der Waals surface area contributed by atoms with E-state index in [-0.39, 0.29) is 32.7 Å². The van der Waals surface area contributed by atoms with Crippen molar-refractivity contribution in [2.75, 3.05) is 11.1 Å². The first-order chi connectivity index (χ1) is 9.90. The second-order valence-electron chi connectivity index (χ2n) is 4.08. The predicted molar refractivity (Wildman–Crippen MR) is 81.9 cm³/mol. The number of nitrogen functional groups attached to an aromatic ring is 1. The first kappa shape index (κ1) is 15.1. The van der Waals surface area contributed by atoms with E-state index in [0.717, 1.165) is 0 Å². The molecule has 1 amide bonds. The van der Waals surface area contributed by atoms with Crippen LogP contribution in [0.15, 0.2) is 36.4 Å². The smallest absolute Gasteiger partial charge is 0.292 e. The van der Waals surface area contributed by atoms with Crippen LogP contribution < -0.4 is 11.1 Å². The molecular formula is C13H9Cl2N3O3. The van der Waals surface area contributed by atoms with Gasteiger partial charge < -0.3 is 11.1 Å². The Morgan fingerprint density at radius 3 is 2.33 bits per heavy atom. The number of carbonyl (C=O) groups excluding carboxylic acids is 1. The monoisotopic (exact) mass is 325 g/mol. The maximum absolute atomic E-state index is 12.1. The Morgan fingerprint density at radius 1 is 1.19 bits per heavy atom. The van der Waals surface area contributed by atoms with Gasteiger partial charge in [0.1, 0.15) is 5.69 Å². The number of benzene rings is 2. The number of nitrogens with one attached hydrogen (secondary N) is 1. The molecule has 2 aromatic rings.